The SMILES string of the molecule is CC/C=C\C/C=C\C/C=C\C/C=C\C/C=C\C/C=C\CCCCC(=O)OC(COCCCCCCCC/C=C\CCCC)COP(=O)(O)OCCN. The fraction of sp³-hybridized carbons (Fsp3) is 0.651. The van der Waals surface area contributed by atoms with E-state index in [1.54, 1.807) is 0 Å². The molecule has 2 atom stereocenters. The van der Waals surface area contributed by atoms with Crippen molar-refractivity contribution in [3.05, 3.63) is 85.1 Å². The van der Waals surface area contributed by atoms with E-state index in [9.17, 15) is 14.3 Å². The maximum absolute atomic E-state index is 12.5. The molecule has 0 bridgehead atoms. The standard InChI is InChI=1S/C43H74NO7P/c1-3-5-7-9-11-13-15-17-18-19-20-21-22-23-24-25-26-28-30-32-34-36-43(45)51-42(41-50-52(46,47)49-39-37-44)40-48-38-35-33-31-29-27-16-14-12-10-8-6-4-2/h5,7,10-13,17-18,20-21,23-24,26,28,42H,3-4,6,8-9,14-16,19,22,25,27,29-41,44H2,1-2H3,(H,46,47)/b7-5-,12-10-,13-11-,18-17-,21-20-,24-23-,28-26-. The Morgan fingerprint density at radius 3 is 1.63 bits per heavy atom. The minimum atomic E-state index is -4.29. The van der Waals surface area contributed by atoms with Crippen molar-refractivity contribution in [1.29, 1.82) is 0 Å². The van der Waals surface area contributed by atoms with Crippen LogP contribution >= 0.6 is 7.82 Å². The highest BCUT2D eigenvalue weighted by atomic mass is 31.2. The summed E-state index contributed by atoms with van der Waals surface area (Å²) in [5.74, 6) is -0.379. The molecule has 0 fully saturated rings. The average Bonchev–Trinajstić information content (AvgIpc) is 3.13. The Kier molecular flexibility index (Phi) is 38.1. The zero-order valence-corrected chi connectivity index (χ0v) is 33.7. The number of allylic oxidation sites excluding steroid dienone is 14. The van der Waals surface area contributed by atoms with Crippen LogP contribution in [0.15, 0.2) is 85.1 Å². The third-order valence-electron chi connectivity index (χ3n) is 7.80. The van der Waals surface area contributed by atoms with Gasteiger partial charge in [0.1, 0.15) is 6.10 Å². The highest BCUT2D eigenvalue weighted by Crippen LogP contribution is 2.43. The van der Waals surface area contributed by atoms with Gasteiger partial charge in [-0.15, -0.1) is 0 Å². The lowest BCUT2D eigenvalue weighted by Gasteiger charge is -2.20. The lowest BCUT2D eigenvalue weighted by atomic mass is 10.1. The minimum absolute atomic E-state index is 0.0874. The number of ether oxygens (including phenoxy) is 2. The summed E-state index contributed by atoms with van der Waals surface area (Å²) in [6.45, 7) is 4.66. The van der Waals surface area contributed by atoms with E-state index in [4.69, 9.17) is 24.3 Å². The molecule has 0 aliphatic carbocycles. The van der Waals surface area contributed by atoms with Gasteiger partial charge in [0.15, 0.2) is 0 Å². The quantitative estimate of drug-likeness (QED) is 0.0279. The van der Waals surface area contributed by atoms with Gasteiger partial charge in [0.05, 0.1) is 19.8 Å². The summed E-state index contributed by atoms with van der Waals surface area (Å²) in [5.41, 5.74) is 5.35. The second kappa shape index (κ2) is 39.9. The number of carbonyl (C=O) groups is 1. The van der Waals surface area contributed by atoms with Crippen molar-refractivity contribution < 1.29 is 32.8 Å². The third kappa shape index (κ3) is 38.9. The van der Waals surface area contributed by atoms with Gasteiger partial charge in [-0.25, -0.2) is 4.57 Å². The molecule has 0 aromatic heterocycles. The maximum Gasteiger partial charge on any atom is 0.472 e. The summed E-state index contributed by atoms with van der Waals surface area (Å²) < 4.78 is 33.3. The van der Waals surface area contributed by atoms with E-state index < -0.39 is 13.9 Å². The molecule has 0 amide bonds. The van der Waals surface area contributed by atoms with Crippen molar-refractivity contribution in [3.8, 4) is 0 Å². The smallest absolute Gasteiger partial charge is 0.457 e. The van der Waals surface area contributed by atoms with Gasteiger partial charge in [0, 0.05) is 19.6 Å². The Balaban J connectivity index is 4.19. The summed E-state index contributed by atoms with van der Waals surface area (Å²) >= 11 is 0. The molecule has 8 nitrogen and oxygen atoms in total. The fourth-order valence-corrected chi connectivity index (χ4v) is 5.63. The Bertz CT molecular complexity index is 1060. The number of hydrogen-bond donors (Lipinski definition) is 2. The van der Waals surface area contributed by atoms with Crippen molar-refractivity contribution in [2.45, 2.75) is 148 Å². The first kappa shape index (κ1) is 49.7. The molecule has 9 heteroatoms. The molecular weight excluding hydrogens is 673 g/mol. The van der Waals surface area contributed by atoms with Crippen LogP contribution in [-0.2, 0) is 27.9 Å². The Morgan fingerprint density at radius 2 is 1.08 bits per heavy atom. The summed E-state index contributed by atoms with van der Waals surface area (Å²) in [6.07, 6.45) is 50.3. The van der Waals surface area contributed by atoms with Gasteiger partial charge in [0.2, 0.25) is 0 Å². The highest BCUT2D eigenvalue weighted by Gasteiger charge is 2.25. The van der Waals surface area contributed by atoms with Gasteiger partial charge in [-0.3, -0.25) is 13.8 Å². The second-order valence-corrected chi connectivity index (χ2v) is 14.2. The van der Waals surface area contributed by atoms with E-state index in [0.717, 1.165) is 77.0 Å². The Hall–Kier alpha value is -2.32. The molecule has 0 radical (unpaired) electrons. The highest BCUT2D eigenvalue weighted by molar-refractivity contribution is 7.47. The van der Waals surface area contributed by atoms with Crippen LogP contribution in [0.1, 0.15) is 142 Å². The zero-order chi connectivity index (χ0) is 38.1. The summed E-state index contributed by atoms with van der Waals surface area (Å²) in [5, 5.41) is 0. The summed E-state index contributed by atoms with van der Waals surface area (Å²) in [6, 6.07) is 0. The average molecular weight is 748 g/mol. The second-order valence-electron chi connectivity index (χ2n) is 12.8. The molecule has 0 aromatic carbocycles. The fourth-order valence-electron chi connectivity index (χ4n) is 4.86. The first-order valence-corrected chi connectivity index (χ1v) is 21.6. The zero-order valence-electron chi connectivity index (χ0n) is 32.8. The van der Waals surface area contributed by atoms with Crippen LogP contribution < -0.4 is 5.73 Å². The van der Waals surface area contributed by atoms with Crippen molar-refractivity contribution in [3.63, 3.8) is 0 Å². The van der Waals surface area contributed by atoms with Gasteiger partial charge < -0.3 is 20.1 Å². The first-order valence-electron chi connectivity index (χ1n) is 20.1. The van der Waals surface area contributed by atoms with Crippen LogP contribution in [-0.4, -0.2) is 49.9 Å². The molecule has 3 N–H and O–H groups in total. The molecule has 0 aliphatic rings. The molecule has 298 valence electrons. The van der Waals surface area contributed by atoms with E-state index in [0.29, 0.717) is 13.0 Å². The van der Waals surface area contributed by atoms with Gasteiger partial charge in [-0.1, -0.05) is 137 Å². The Morgan fingerprint density at radius 1 is 0.596 bits per heavy atom. The summed E-state index contributed by atoms with van der Waals surface area (Å²) in [7, 11) is -4.29. The van der Waals surface area contributed by atoms with E-state index in [2.05, 4.69) is 98.9 Å². The topological polar surface area (TPSA) is 117 Å². The summed E-state index contributed by atoms with van der Waals surface area (Å²) in [4.78, 5) is 22.4. The molecule has 0 rings (SSSR count). The molecule has 0 aliphatic heterocycles. The van der Waals surface area contributed by atoms with E-state index >= 15 is 0 Å². The lowest BCUT2D eigenvalue weighted by Crippen LogP contribution is -2.28. The van der Waals surface area contributed by atoms with Crippen LogP contribution in [0, 0.1) is 0 Å². The van der Waals surface area contributed by atoms with Gasteiger partial charge in [-0.2, -0.15) is 0 Å². The molecule has 52 heavy (non-hydrogen) atoms. The number of phosphoric acid groups is 1. The molecular formula is C43H74NO7P. The van der Waals surface area contributed by atoms with Crippen molar-refractivity contribution in [1.82, 2.24) is 0 Å². The number of hydrogen-bond acceptors (Lipinski definition) is 7. The number of carbonyl (C=O) groups excluding carboxylic acids is 1. The predicted octanol–water partition coefficient (Wildman–Crippen LogP) is 11.7. The van der Waals surface area contributed by atoms with Crippen LogP contribution in [0.3, 0.4) is 0 Å². The van der Waals surface area contributed by atoms with E-state index in [1.165, 1.54) is 38.5 Å². The molecule has 0 spiro atoms. The van der Waals surface area contributed by atoms with E-state index in [1.807, 2.05) is 0 Å². The molecule has 2 unspecified atom stereocenters. The van der Waals surface area contributed by atoms with E-state index in [-0.39, 0.29) is 38.8 Å². The van der Waals surface area contributed by atoms with Crippen LogP contribution in [0.4, 0.5) is 0 Å². The number of phosphoric ester groups is 1. The largest absolute Gasteiger partial charge is 0.472 e. The van der Waals surface area contributed by atoms with Gasteiger partial charge >= 0.3 is 13.8 Å². The monoisotopic (exact) mass is 748 g/mol. The molecule has 0 heterocycles. The first-order chi connectivity index (χ1) is 25.4. The van der Waals surface area contributed by atoms with Crippen LogP contribution in [0.5, 0.6) is 0 Å². The maximum atomic E-state index is 12.5. The normalized spacial score (nSPS) is 14.5. The minimum Gasteiger partial charge on any atom is -0.457 e. The van der Waals surface area contributed by atoms with Crippen molar-refractivity contribution in [2.24, 2.45) is 5.73 Å². The number of rotatable bonds is 37. The van der Waals surface area contributed by atoms with Gasteiger partial charge in [0.25, 0.3) is 0 Å². The lowest BCUT2D eigenvalue weighted by molar-refractivity contribution is -0.154. The third-order valence-corrected chi connectivity index (χ3v) is 8.78. The van der Waals surface area contributed by atoms with Crippen LogP contribution in [0.25, 0.3) is 0 Å². The number of unbranched alkanes of at least 4 members (excludes halogenated alkanes) is 10. The van der Waals surface area contributed by atoms with Gasteiger partial charge in [-0.05, 0) is 83.5 Å². The molecule has 0 aromatic rings. The predicted molar refractivity (Wildman–Crippen MR) is 219 cm³/mol. The number of nitrogens with two attached hydrogens (primary N) is 1. The molecule has 0 saturated heterocycles. The molecule has 0 saturated carbocycles. The Labute approximate surface area is 318 Å². The number of esters is 1. The van der Waals surface area contributed by atoms with Crippen molar-refractivity contribution in [2.75, 3.05) is 33.0 Å². The van der Waals surface area contributed by atoms with Crippen molar-refractivity contribution >= 4 is 13.8 Å². The van der Waals surface area contributed by atoms with Crippen LogP contribution in [0.2, 0.25) is 0 Å².